The van der Waals surface area contributed by atoms with E-state index in [0.717, 1.165) is 12.8 Å². The number of carbonyl (C=O) groups excluding carboxylic acids is 1. The summed E-state index contributed by atoms with van der Waals surface area (Å²) in [7, 11) is 0. The van der Waals surface area contributed by atoms with Crippen molar-refractivity contribution < 1.29 is 19.4 Å². The molecule has 98 valence electrons. The minimum atomic E-state index is -1.09. The van der Waals surface area contributed by atoms with E-state index in [9.17, 15) is 9.59 Å². The van der Waals surface area contributed by atoms with E-state index in [1.165, 1.54) is 5.56 Å². The van der Waals surface area contributed by atoms with Gasteiger partial charge in [-0.15, -0.1) is 0 Å². The maximum atomic E-state index is 11.4. The van der Waals surface area contributed by atoms with Crippen LogP contribution in [0.2, 0.25) is 0 Å². The van der Waals surface area contributed by atoms with Gasteiger partial charge in [-0.3, -0.25) is 4.79 Å². The molecule has 0 radical (unpaired) electrons. The van der Waals surface area contributed by atoms with E-state index >= 15 is 0 Å². The molecule has 0 aromatic heterocycles. The third-order valence-electron chi connectivity index (χ3n) is 2.24. The van der Waals surface area contributed by atoms with Gasteiger partial charge in [-0.1, -0.05) is 25.5 Å². The second-order valence-corrected chi connectivity index (χ2v) is 3.88. The van der Waals surface area contributed by atoms with Gasteiger partial charge in [0.05, 0.1) is 0 Å². The van der Waals surface area contributed by atoms with Gasteiger partial charge in [0.2, 0.25) is 5.91 Å². The lowest BCUT2D eigenvalue weighted by molar-refractivity contribution is -0.143. The Morgan fingerprint density at radius 1 is 1.22 bits per heavy atom. The Morgan fingerprint density at radius 2 is 1.89 bits per heavy atom. The van der Waals surface area contributed by atoms with Gasteiger partial charge >= 0.3 is 5.97 Å². The van der Waals surface area contributed by atoms with Crippen LogP contribution in [0, 0.1) is 0 Å². The number of hydrogen-bond acceptors (Lipinski definition) is 3. The second kappa shape index (κ2) is 7.45. The predicted molar refractivity (Wildman–Crippen MR) is 67.5 cm³/mol. The normalized spacial score (nSPS) is 10.1. The zero-order valence-electron chi connectivity index (χ0n) is 10.3. The molecule has 2 N–H and O–H groups in total. The van der Waals surface area contributed by atoms with Crippen LogP contribution in [0.15, 0.2) is 24.3 Å². The van der Waals surface area contributed by atoms with Crippen LogP contribution in [0.25, 0.3) is 0 Å². The number of rotatable bonds is 7. The molecule has 0 aliphatic heterocycles. The Labute approximate surface area is 106 Å². The maximum Gasteiger partial charge on any atom is 0.329 e. The number of hydrogen-bond donors (Lipinski definition) is 2. The van der Waals surface area contributed by atoms with Gasteiger partial charge in [0.1, 0.15) is 13.2 Å². The van der Waals surface area contributed by atoms with Crippen LogP contribution in [0.4, 0.5) is 5.69 Å². The number of carboxylic acid groups (broad SMARTS) is 1. The van der Waals surface area contributed by atoms with E-state index in [1.807, 2.05) is 24.3 Å². The summed E-state index contributed by atoms with van der Waals surface area (Å²) in [6.07, 6.45) is 2.09. The van der Waals surface area contributed by atoms with Gasteiger partial charge in [-0.05, 0) is 24.1 Å². The summed E-state index contributed by atoms with van der Waals surface area (Å²) in [6.45, 7) is 1.38. The van der Waals surface area contributed by atoms with Crippen molar-refractivity contribution in [2.45, 2.75) is 19.8 Å². The molecule has 18 heavy (non-hydrogen) atoms. The molecule has 5 heteroatoms. The quantitative estimate of drug-likeness (QED) is 0.773. The Balaban J connectivity index is 2.37. The second-order valence-electron chi connectivity index (χ2n) is 3.88. The number of nitrogens with one attached hydrogen (secondary N) is 1. The first kappa shape index (κ1) is 14.2. The molecule has 0 saturated carbocycles. The smallest absolute Gasteiger partial charge is 0.329 e. The molecule has 0 saturated heterocycles. The Bertz CT molecular complexity index is 400. The van der Waals surface area contributed by atoms with Gasteiger partial charge in [0, 0.05) is 5.69 Å². The van der Waals surface area contributed by atoms with Crippen molar-refractivity contribution in [3.05, 3.63) is 29.8 Å². The molecule has 0 aliphatic carbocycles. The molecule has 1 amide bonds. The van der Waals surface area contributed by atoms with E-state index in [2.05, 4.69) is 17.0 Å². The third kappa shape index (κ3) is 5.45. The first-order chi connectivity index (χ1) is 8.61. The Morgan fingerprint density at radius 3 is 2.44 bits per heavy atom. The van der Waals surface area contributed by atoms with E-state index in [-0.39, 0.29) is 12.5 Å². The number of carboxylic acids is 1. The molecular weight excluding hydrogens is 234 g/mol. The van der Waals surface area contributed by atoms with Crippen molar-refractivity contribution in [1.29, 1.82) is 0 Å². The fourth-order valence-corrected chi connectivity index (χ4v) is 1.47. The minimum absolute atomic E-state index is 0.261. The van der Waals surface area contributed by atoms with E-state index in [4.69, 9.17) is 5.11 Å². The number of anilines is 1. The summed E-state index contributed by atoms with van der Waals surface area (Å²) >= 11 is 0. The summed E-state index contributed by atoms with van der Waals surface area (Å²) in [4.78, 5) is 21.6. The molecule has 5 nitrogen and oxygen atoms in total. The lowest BCUT2D eigenvalue weighted by atomic mass is 10.1. The van der Waals surface area contributed by atoms with Crippen LogP contribution in [0.1, 0.15) is 18.9 Å². The van der Waals surface area contributed by atoms with Gasteiger partial charge in [-0.2, -0.15) is 0 Å². The molecule has 1 rings (SSSR count). The summed E-state index contributed by atoms with van der Waals surface area (Å²) < 4.78 is 4.68. The highest BCUT2D eigenvalue weighted by Gasteiger charge is 2.04. The Kier molecular flexibility index (Phi) is 5.87. The minimum Gasteiger partial charge on any atom is -0.480 e. The highest BCUT2D eigenvalue weighted by molar-refractivity contribution is 5.91. The lowest BCUT2D eigenvalue weighted by Crippen LogP contribution is -2.20. The van der Waals surface area contributed by atoms with Crippen LogP contribution in [-0.2, 0) is 20.7 Å². The molecule has 0 bridgehead atoms. The molecule has 0 spiro atoms. The van der Waals surface area contributed by atoms with Crippen LogP contribution in [0.5, 0.6) is 0 Å². The fraction of sp³-hybridized carbons (Fsp3) is 0.385. The van der Waals surface area contributed by atoms with Crippen molar-refractivity contribution in [2.24, 2.45) is 0 Å². The number of carbonyl (C=O) groups is 2. The SMILES string of the molecule is CCCc1ccc(NC(=O)COCC(=O)O)cc1. The van der Waals surface area contributed by atoms with Crippen LogP contribution >= 0.6 is 0 Å². The zero-order valence-corrected chi connectivity index (χ0v) is 10.3. The number of amides is 1. The van der Waals surface area contributed by atoms with Crippen molar-refractivity contribution >= 4 is 17.6 Å². The molecule has 1 aromatic rings. The van der Waals surface area contributed by atoms with Crippen molar-refractivity contribution in [1.82, 2.24) is 0 Å². The molecule has 0 heterocycles. The molecule has 0 unspecified atom stereocenters. The molecule has 0 aliphatic rings. The Hall–Kier alpha value is -1.88. The van der Waals surface area contributed by atoms with Gasteiger partial charge in [-0.25, -0.2) is 4.79 Å². The van der Waals surface area contributed by atoms with Gasteiger partial charge in [0.15, 0.2) is 0 Å². The van der Waals surface area contributed by atoms with E-state index < -0.39 is 12.6 Å². The maximum absolute atomic E-state index is 11.4. The van der Waals surface area contributed by atoms with Crippen molar-refractivity contribution in [3.8, 4) is 0 Å². The lowest BCUT2D eigenvalue weighted by Gasteiger charge is -2.06. The number of aliphatic carboxylic acids is 1. The standard InChI is InChI=1S/C13H17NO4/c1-2-3-10-4-6-11(7-5-10)14-12(15)8-18-9-13(16)17/h4-7H,2-3,8-9H2,1H3,(H,14,15)(H,16,17). The van der Waals surface area contributed by atoms with Gasteiger partial charge in [0.25, 0.3) is 0 Å². The summed E-state index contributed by atoms with van der Waals surface area (Å²) in [5.41, 5.74) is 1.90. The number of ether oxygens (including phenoxy) is 1. The first-order valence-electron chi connectivity index (χ1n) is 5.80. The van der Waals surface area contributed by atoms with Crippen molar-refractivity contribution in [3.63, 3.8) is 0 Å². The average Bonchev–Trinajstić information content (AvgIpc) is 2.31. The summed E-state index contributed by atoms with van der Waals surface area (Å²) in [5, 5.41) is 11.0. The van der Waals surface area contributed by atoms with Crippen LogP contribution < -0.4 is 5.32 Å². The monoisotopic (exact) mass is 251 g/mol. The van der Waals surface area contributed by atoms with E-state index in [0.29, 0.717) is 5.69 Å². The highest BCUT2D eigenvalue weighted by atomic mass is 16.5. The van der Waals surface area contributed by atoms with Crippen molar-refractivity contribution in [2.75, 3.05) is 18.5 Å². The largest absolute Gasteiger partial charge is 0.480 e. The number of aryl methyl sites for hydroxylation is 1. The van der Waals surface area contributed by atoms with Crippen LogP contribution in [0.3, 0.4) is 0 Å². The predicted octanol–water partition coefficient (Wildman–Crippen LogP) is 1.68. The average molecular weight is 251 g/mol. The number of benzene rings is 1. The summed E-state index contributed by atoms with van der Waals surface area (Å²) in [5.74, 6) is -1.45. The molecule has 1 aromatic carbocycles. The molecule has 0 atom stereocenters. The van der Waals surface area contributed by atoms with Gasteiger partial charge < -0.3 is 15.2 Å². The summed E-state index contributed by atoms with van der Waals surface area (Å²) in [6, 6.07) is 7.55. The molecular formula is C13H17NO4. The van der Waals surface area contributed by atoms with Crippen LogP contribution in [-0.4, -0.2) is 30.2 Å². The first-order valence-corrected chi connectivity index (χ1v) is 5.80. The topological polar surface area (TPSA) is 75.6 Å². The zero-order chi connectivity index (χ0) is 13.4. The third-order valence-corrected chi connectivity index (χ3v) is 2.24. The van der Waals surface area contributed by atoms with E-state index in [1.54, 1.807) is 0 Å². The molecule has 0 fully saturated rings. The highest BCUT2D eigenvalue weighted by Crippen LogP contribution is 2.10. The fourth-order valence-electron chi connectivity index (χ4n) is 1.47.